The fourth-order valence-corrected chi connectivity index (χ4v) is 2.54. The Bertz CT molecular complexity index is 593. The smallest absolute Gasteiger partial charge is 0.276 e. The van der Waals surface area contributed by atoms with Crippen molar-refractivity contribution in [3.63, 3.8) is 0 Å². The molecular weight excluding hydrogens is 298 g/mol. The number of amides is 1. The lowest BCUT2D eigenvalue weighted by molar-refractivity contribution is -0.385. The van der Waals surface area contributed by atoms with Crippen molar-refractivity contribution < 1.29 is 14.8 Å². The second kappa shape index (κ2) is 7.85. The Balaban J connectivity index is 1.86. The van der Waals surface area contributed by atoms with Gasteiger partial charge in [0.25, 0.3) is 11.6 Å². The zero-order valence-electron chi connectivity index (χ0n) is 13.1. The van der Waals surface area contributed by atoms with Crippen LogP contribution in [0.1, 0.15) is 12.5 Å². The zero-order valence-corrected chi connectivity index (χ0v) is 13.1. The van der Waals surface area contributed by atoms with Crippen LogP contribution in [0.4, 0.5) is 5.69 Å². The van der Waals surface area contributed by atoms with Crippen LogP contribution >= 0.6 is 0 Å². The van der Waals surface area contributed by atoms with Gasteiger partial charge in [-0.3, -0.25) is 19.8 Å². The molecule has 1 amide bonds. The molecule has 0 aromatic heterocycles. The molecule has 1 saturated heterocycles. The summed E-state index contributed by atoms with van der Waals surface area (Å²) in [6, 6.07) is 6.62. The largest absolute Gasteiger partial charge is 0.384 e. The number of nitro groups is 1. The molecule has 1 aromatic rings. The molecule has 0 aliphatic carbocycles. The summed E-state index contributed by atoms with van der Waals surface area (Å²) >= 11 is 0. The van der Waals surface area contributed by atoms with Crippen molar-refractivity contribution in [2.75, 3.05) is 32.7 Å². The van der Waals surface area contributed by atoms with Gasteiger partial charge in [0, 0.05) is 38.8 Å². The maximum absolute atomic E-state index is 11.7. The van der Waals surface area contributed by atoms with E-state index in [1.807, 2.05) is 6.08 Å². The quantitative estimate of drug-likeness (QED) is 0.649. The first-order chi connectivity index (χ1) is 11.0. The van der Waals surface area contributed by atoms with Crippen LogP contribution in [0.2, 0.25) is 0 Å². The molecule has 7 nitrogen and oxygen atoms in total. The van der Waals surface area contributed by atoms with Crippen LogP contribution in [0.3, 0.4) is 0 Å². The van der Waals surface area contributed by atoms with Crippen LogP contribution in [-0.2, 0) is 4.79 Å². The first kappa shape index (κ1) is 17.1. The number of benzene rings is 1. The van der Waals surface area contributed by atoms with E-state index in [0.717, 1.165) is 13.1 Å². The summed E-state index contributed by atoms with van der Waals surface area (Å²) in [4.78, 5) is 26.1. The molecule has 1 heterocycles. The molecule has 0 radical (unpaired) electrons. The number of carbonyl (C=O) groups excluding carboxylic acids is 1. The molecule has 1 unspecified atom stereocenters. The topological polar surface area (TPSA) is 86.9 Å². The Morgan fingerprint density at radius 1 is 1.35 bits per heavy atom. The van der Waals surface area contributed by atoms with E-state index in [-0.39, 0.29) is 16.5 Å². The van der Waals surface area contributed by atoms with Crippen LogP contribution in [0.15, 0.2) is 30.3 Å². The van der Waals surface area contributed by atoms with Crippen LogP contribution in [0.5, 0.6) is 0 Å². The van der Waals surface area contributed by atoms with E-state index in [2.05, 4.69) is 4.90 Å². The van der Waals surface area contributed by atoms with Crippen molar-refractivity contribution >= 4 is 17.7 Å². The molecule has 1 aliphatic rings. The Morgan fingerprint density at radius 3 is 2.61 bits per heavy atom. The summed E-state index contributed by atoms with van der Waals surface area (Å²) < 4.78 is 0. The van der Waals surface area contributed by atoms with E-state index >= 15 is 0 Å². The number of piperazine rings is 1. The third-order valence-corrected chi connectivity index (χ3v) is 3.84. The summed E-state index contributed by atoms with van der Waals surface area (Å²) in [5, 5.41) is 20.3. The predicted octanol–water partition coefficient (Wildman–Crippen LogP) is 1.13. The fraction of sp³-hybridized carbons (Fsp3) is 0.438. The van der Waals surface area contributed by atoms with Crippen molar-refractivity contribution in [2.45, 2.75) is 13.0 Å². The van der Waals surface area contributed by atoms with Gasteiger partial charge in [0.2, 0.25) is 0 Å². The van der Waals surface area contributed by atoms with Crippen molar-refractivity contribution in [2.24, 2.45) is 0 Å². The van der Waals surface area contributed by atoms with Gasteiger partial charge in [-0.15, -0.1) is 0 Å². The number of nitrogens with zero attached hydrogens (tertiary/aromatic N) is 3. The average Bonchev–Trinajstić information content (AvgIpc) is 2.55. The minimum absolute atomic E-state index is 0.0936. The zero-order chi connectivity index (χ0) is 16.8. The highest BCUT2D eigenvalue weighted by molar-refractivity contribution is 5.80. The van der Waals surface area contributed by atoms with Crippen LogP contribution in [0.25, 0.3) is 6.08 Å². The molecule has 1 aromatic carbocycles. The number of para-hydroxylation sites is 1. The summed E-state index contributed by atoms with van der Waals surface area (Å²) in [6.07, 6.45) is 2.69. The molecule has 23 heavy (non-hydrogen) atoms. The summed E-state index contributed by atoms with van der Waals surface area (Å²) in [6.45, 7) is 4.76. The highest BCUT2D eigenvalue weighted by Gasteiger charge is 2.23. The van der Waals surface area contributed by atoms with Crippen molar-refractivity contribution in [1.29, 1.82) is 0 Å². The van der Waals surface area contributed by atoms with Gasteiger partial charge in [0.05, 0.1) is 10.5 Å². The normalized spacial score (nSPS) is 17.4. The number of hydrogen-bond acceptors (Lipinski definition) is 5. The molecule has 0 bridgehead atoms. The van der Waals surface area contributed by atoms with Gasteiger partial charge in [0.1, 0.15) is 6.10 Å². The van der Waals surface area contributed by atoms with Gasteiger partial charge in [-0.05, 0) is 13.0 Å². The standard InChI is InChI=1S/C16H21N3O4/c1-13(20)16(21)18-11-9-17(10-12-18)8-4-6-14-5-2-3-7-15(14)19(22)23/h2-7,13,20H,8-12H2,1H3/b6-4+. The van der Waals surface area contributed by atoms with Crippen molar-refractivity contribution in [3.8, 4) is 0 Å². The average molecular weight is 319 g/mol. The lowest BCUT2D eigenvalue weighted by Gasteiger charge is -2.34. The van der Waals surface area contributed by atoms with E-state index in [1.165, 1.54) is 13.0 Å². The molecule has 7 heteroatoms. The number of rotatable bonds is 5. The second-order valence-corrected chi connectivity index (χ2v) is 5.52. The number of aliphatic hydroxyl groups excluding tert-OH is 1. The summed E-state index contributed by atoms with van der Waals surface area (Å²) in [5.41, 5.74) is 0.677. The summed E-state index contributed by atoms with van der Waals surface area (Å²) in [7, 11) is 0. The number of carbonyl (C=O) groups is 1. The van der Waals surface area contributed by atoms with Crippen molar-refractivity contribution in [1.82, 2.24) is 9.80 Å². The molecule has 0 spiro atoms. The van der Waals surface area contributed by atoms with Gasteiger partial charge >= 0.3 is 0 Å². The Hall–Kier alpha value is -2.25. The Labute approximate surface area is 135 Å². The third-order valence-electron chi connectivity index (χ3n) is 3.84. The van der Waals surface area contributed by atoms with Gasteiger partial charge in [-0.2, -0.15) is 0 Å². The highest BCUT2D eigenvalue weighted by Crippen LogP contribution is 2.19. The van der Waals surface area contributed by atoms with Crippen LogP contribution in [0, 0.1) is 10.1 Å². The second-order valence-electron chi connectivity index (χ2n) is 5.52. The molecular formula is C16H21N3O4. The Morgan fingerprint density at radius 2 is 2.00 bits per heavy atom. The molecule has 1 N–H and O–H groups in total. The van der Waals surface area contributed by atoms with Gasteiger partial charge in [-0.1, -0.05) is 24.3 Å². The number of hydrogen-bond donors (Lipinski definition) is 1. The summed E-state index contributed by atoms with van der Waals surface area (Å²) in [5.74, 6) is -0.236. The minimum atomic E-state index is -0.958. The van der Waals surface area contributed by atoms with Gasteiger partial charge in [0.15, 0.2) is 0 Å². The molecule has 1 fully saturated rings. The molecule has 124 valence electrons. The van der Waals surface area contributed by atoms with E-state index in [9.17, 15) is 20.0 Å². The number of aliphatic hydroxyl groups is 1. The van der Waals surface area contributed by atoms with Crippen molar-refractivity contribution in [3.05, 3.63) is 46.0 Å². The molecule has 1 aliphatic heterocycles. The van der Waals surface area contributed by atoms with E-state index < -0.39 is 6.10 Å². The van der Waals surface area contributed by atoms with E-state index in [0.29, 0.717) is 25.2 Å². The predicted molar refractivity (Wildman–Crippen MR) is 86.8 cm³/mol. The van der Waals surface area contributed by atoms with Crippen LogP contribution < -0.4 is 0 Å². The van der Waals surface area contributed by atoms with E-state index in [1.54, 1.807) is 29.2 Å². The first-order valence-corrected chi connectivity index (χ1v) is 7.58. The SMILES string of the molecule is CC(O)C(=O)N1CCN(C/C=C/c2ccccc2[N+](=O)[O-])CC1. The minimum Gasteiger partial charge on any atom is -0.384 e. The number of nitro benzene ring substituents is 1. The maximum atomic E-state index is 11.7. The molecule has 1 atom stereocenters. The molecule has 0 saturated carbocycles. The third kappa shape index (κ3) is 4.61. The lowest BCUT2D eigenvalue weighted by Crippen LogP contribution is -2.50. The van der Waals surface area contributed by atoms with Gasteiger partial charge < -0.3 is 10.0 Å². The first-order valence-electron chi connectivity index (χ1n) is 7.58. The maximum Gasteiger partial charge on any atom is 0.276 e. The highest BCUT2D eigenvalue weighted by atomic mass is 16.6. The van der Waals surface area contributed by atoms with Crippen LogP contribution in [-0.4, -0.2) is 64.6 Å². The fourth-order valence-electron chi connectivity index (χ4n) is 2.54. The molecule has 2 rings (SSSR count). The monoisotopic (exact) mass is 319 g/mol. The van der Waals surface area contributed by atoms with Gasteiger partial charge in [-0.25, -0.2) is 0 Å². The lowest BCUT2D eigenvalue weighted by atomic mass is 10.1. The Kier molecular flexibility index (Phi) is 5.84. The van der Waals surface area contributed by atoms with E-state index in [4.69, 9.17) is 0 Å².